The van der Waals surface area contributed by atoms with E-state index in [1.165, 1.54) is 45.2 Å². The van der Waals surface area contributed by atoms with Crippen LogP contribution in [-0.4, -0.2) is 61.5 Å². The Morgan fingerprint density at radius 3 is 2.80 bits per heavy atom. The molecule has 0 spiro atoms. The van der Waals surface area contributed by atoms with Crippen LogP contribution >= 0.6 is 0 Å². The lowest BCUT2D eigenvalue weighted by Gasteiger charge is -2.38. The van der Waals surface area contributed by atoms with Gasteiger partial charge >= 0.3 is 0 Å². The van der Waals surface area contributed by atoms with Crippen molar-refractivity contribution in [2.75, 3.05) is 39.4 Å². The number of likely N-dealkylation sites (tertiary alicyclic amines) is 1. The molecule has 0 amide bonds. The van der Waals surface area contributed by atoms with Crippen LogP contribution in [0.25, 0.3) is 0 Å². The summed E-state index contributed by atoms with van der Waals surface area (Å²) in [6.45, 7) is 8.17. The Morgan fingerprint density at radius 2 is 2.20 bits per heavy atom. The maximum Gasteiger partial charge on any atom is 0.0702 e. The molecule has 20 heavy (non-hydrogen) atoms. The third-order valence-corrected chi connectivity index (χ3v) is 5.51. The average molecular weight is 282 g/mol. The van der Waals surface area contributed by atoms with Crippen molar-refractivity contribution in [2.24, 2.45) is 11.3 Å². The van der Waals surface area contributed by atoms with E-state index in [-0.39, 0.29) is 5.41 Å². The fourth-order valence-electron chi connectivity index (χ4n) is 3.69. The van der Waals surface area contributed by atoms with Crippen molar-refractivity contribution in [1.82, 2.24) is 10.2 Å². The highest BCUT2D eigenvalue weighted by Crippen LogP contribution is 2.44. The van der Waals surface area contributed by atoms with Gasteiger partial charge in [0.25, 0.3) is 0 Å². The van der Waals surface area contributed by atoms with Gasteiger partial charge in [0, 0.05) is 44.3 Å². The first-order valence-electron chi connectivity index (χ1n) is 8.39. The Morgan fingerprint density at radius 1 is 1.35 bits per heavy atom. The maximum absolute atomic E-state index is 9.39. The Hall–Kier alpha value is -0.160. The third-order valence-electron chi connectivity index (χ3n) is 5.51. The molecule has 4 nitrogen and oxygen atoms in total. The van der Waals surface area contributed by atoms with E-state index in [2.05, 4.69) is 17.1 Å². The minimum absolute atomic E-state index is 0.231. The normalized spacial score (nSPS) is 37.2. The zero-order valence-corrected chi connectivity index (χ0v) is 12.8. The number of ether oxygens (including phenoxy) is 1. The van der Waals surface area contributed by atoms with E-state index >= 15 is 0 Å². The summed E-state index contributed by atoms with van der Waals surface area (Å²) >= 11 is 0. The summed E-state index contributed by atoms with van der Waals surface area (Å²) in [5, 5.41) is 13.1. The van der Waals surface area contributed by atoms with Crippen LogP contribution < -0.4 is 5.32 Å². The number of rotatable bonds is 6. The van der Waals surface area contributed by atoms with Crippen molar-refractivity contribution in [3.63, 3.8) is 0 Å². The van der Waals surface area contributed by atoms with Gasteiger partial charge in [-0.1, -0.05) is 6.92 Å². The Kier molecular flexibility index (Phi) is 4.65. The molecule has 0 aromatic heterocycles. The molecule has 0 radical (unpaired) electrons. The highest BCUT2D eigenvalue weighted by molar-refractivity contribution is 4.96. The third kappa shape index (κ3) is 3.53. The molecule has 4 heteroatoms. The largest absolute Gasteiger partial charge is 0.396 e. The SMILES string of the molecule is CC1CN(CC2CCCO2)CCC1NCC1(CO)CC1. The molecule has 1 saturated carbocycles. The Bertz CT molecular complexity index is 314. The molecule has 3 unspecified atom stereocenters. The van der Waals surface area contributed by atoms with Crippen LogP contribution in [0.1, 0.15) is 39.0 Å². The minimum Gasteiger partial charge on any atom is -0.396 e. The van der Waals surface area contributed by atoms with Crippen LogP contribution in [0.15, 0.2) is 0 Å². The van der Waals surface area contributed by atoms with E-state index in [0.29, 0.717) is 24.7 Å². The fraction of sp³-hybridized carbons (Fsp3) is 1.00. The number of nitrogens with zero attached hydrogens (tertiary/aromatic N) is 1. The van der Waals surface area contributed by atoms with E-state index in [9.17, 15) is 5.11 Å². The standard InChI is InChI=1S/C16H30N2O2/c1-13-9-18(10-14-3-2-8-20-14)7-4-15(13)17-11-16(12-19)5-6-16/h13-15,17,19H,2-12H2,1H3. The van der Waals surface area contributed by atoms with E-state index in [1.807, 2.05) is 0 Å². The summed E-state index contributed by atoms with van der Waals surface area (Å²) in [4.78, 5) is 2.58. The molecule has 2 N–H and O–H groups in total. The first-order valence-corrected chi connectivity index (χ1v) is 8.39. The lowest BCUT2D eigenvalue weighted by molar-refractivity contribution is 0.0503. The van der Waals surface area contributed by atoms with E-state index < -0.39 is 0 Å². The van der Waals surface area contributed by atoms with Crippen LogP contribution in [0.5, 0.6) is 0 Å². The summed E-state index contributed by atoms with van der Waals surface area (Å²) in [5.41, 5.74) is 0.231. The lowest BCUT2D eigenvalue weighted by atomic mass is 9.92. The summed E-state index contributed by atoms with van der Waals surface area (Å²) in [6.07, 6.45) is 6.59. The molecule has 1 aliphatic carbocycles. The zero-order chi connectivity index (χ0) is 14.0. The van der Waals surface area contributed by atoms with Gasteiger partial charge in [-0.2, -0.15) is 0 Å². The number of hydrogen-bond donors (Lipinski definition) is 2. The van der Waals surface area contributed by atoms with Crippen molar-refractivity contribution in [3.05, 3.63) is 0 Å². The van der Waals surface area contributed by atoms with Gasteiger partial charge in [-0.15, -0.1) is 0 Å². The van der Waals surface area contributed by atoms with E-state index in [4.69, 9.17) is 4.74 Å². The van der Waals surface area contributed by atoms with Crippen molar-refractivity contribution >= 4 is 0 Å². The maximum atomic E-state index is 9.39. The first-order chi connectivity index (χ1) is 9.71. The summed E-state index contributed by atoms with van der Waals surface area (Å²) in [5.74, 6) is 0.694. The van der Waals surface area contributed by atoms with Gasteiger partial charge in [-0.3, -0.25) is 0 Å². The number of piperidine rings is 1. The molecule has 0 aromatic rings. The quantitative estimate of drug-likeness (QED) is 0.769. The number of aliphatic hydroxyl groups is 1. The average Bonchev–Trinajstić information content (AvgIpc) is 3.06. The van der Waals surface area contributed by atoms with Crippen LogP contribution in [0.4, 0.5) is 0 Å². The van der Waals surface area contributed by atoms with Crippen molar-refractivity contribution in [2.45, 2.75) is 51.2 Å². The summed E-state index contributed by atoms with van der Waals surface area (Å²) in [6, 6.07) is 0.625. The molecule has 2 heterocycles. The van der Waals surface area contributed by atoms with Crippen molar-refractivity contribution in [1.29, 1.82) is 0 Å². The molecule has 2 aliphatic heterocycles. The Labute approximate surface area is 122 Å². The highest BCUT2D eigenvalue weighted by atomic mass is 16.5. The van der Waals surface area contributed by atoms with Gasteiger partial charge in [0.1, 0.15) is 0 Å². The van der Waals surface area contributed by atoms with Crippen LogP contribution in [0.2, 0.25) is 0 Å². The van der Waals surface area contributed by atoms with Gasteiger partial charge in [0.2, 0.25) is 0 Å². The zero-order valence-electron chi connectivity index (χ0n) is 12.8. The molecule has 3 fully saturated rings. The fourth-order valence-corrected chi connectivity index (χ4v) is 3.69. The van der Waals surface area contributed by atoms with Gasteiger partial charge < -0.3 is 20.1 Å². The molecular weight excluding hydrogens is 252 g/mol. The van der Waals surface area contributed by atoms with Gasteiger partial charge in [0.05, 0.1) is 6.10 Å². The topological polar surface area (TPSA) is 44.7 Å². The molecule has 116 valence electrons. The predicted molar refractivity (Wildman–Crippen MR) is 79.7 cm³/mol. The lowest BCUT2D eigenvalue weighted by Crippen LogP contribution is -2.51. The highest BCUT2D eigenvalue weighted by Gasteiger charge is 2.42. The molecular formula is C16H30N2O2. The van der Waals surface area contributed by atoms with E-state index in [0.717, 1.165) is 19.7 Å². The van der Waals surface area contributed by atoms with Crippen LogP contribution in [-0.2, 0) is 4.74 Å². The Balaban J connectivity index is 1.40. The molecule has 0 aromatic carbocycles. The van der Waals surface area contributed by atoms with Crippen molar-refractivity contribution < 1.29 is 9.84 Å². The minimum atomic E-state index is 0.231. The second-order valence-electron chi connectivity index (χ2n) is 7.31. The van der Waals surface area contributed by atoms with Crippen LogP contribution in [0.3, 0.4) is 0 Å². The summed E-state index contributed by atoms with van der Waals surface area (Å²) in [7, 11) is 0. The molecule has 3 rings (SSSR count). The number of aliphatic hydroxyl groups excluding tert-OH is 1. The second kappa shape index (κ2) is 6.30. The van der Waals surface area contributed by atoms with Crippen molar-refractivity contribution in [3.8, 4) is 0 Å². The monoisotopic (exact) mass is 282 g/mol. The van der Waals surface area contributed by atoms with E-state index in [1.54, 1.807) is 0 Å². The van der Waals surface area contributed by atoms with Gasteiger partial charge in [0.15, 0.2) is 0 Å². The van der Waals surface area contributed by atoms with Gasteiger partial charge in [-0.05, 0) is 44.6 Å². The number of hydrogen-bond acceptors (Lipinski definition) is 4. The second-order valence-corrected chi connectivity index (χ2v) is 7.31. The van der Waals surface area contributed by atoms with Gasteiger partial charge in [-0.25, -0.2) is 0 Å². The van der Waals surface area contributed by atoms with Crippen LogP contribution in [0, 0.1) is 11.3 Å². The predicted octanol–water partition coefficient (Wildman–Crippen LogP) is 1.24. The number of nitrogens with one attached hydrogen (secondary N) is 1. The molecule has 3 atom stereocenters. The first kappa shape index (κ1) is 14.8. The molecule has 2 saturated heterocycles. The summed E-state index contributed by atoms with van der Waals surface area (Å²) < 4.78 is 5.75. The molecule has 3 aliphatic rings. The molecule has 0 bridgehead atoms. The smallest absolute Gasteiger partial charge is 0.0702 e.